The van der Waals surface area contributed by atoms with Crippen molar-refractivity contribution in [1.29, 1.82) is 0 Å². The van der Waals surface area contributed by atoms with Gasteiger partial charge < -0.3 is 9.63 Å². The van der Waals surface area contributed by atoms with Crippen molar-refractivity contribution in [3.05, 3.63) is 52.7 Å². The Morgan fingerprint density at radius 2 is 2.21 bits per heavy atom. The van der Waals surface area contributed by atoms with E-state index >= 15 is 0 Å². The van der Waals surface area contributed by atoms with Crippen LogP contribution in [0.2, 0.25) is 0 Å². The lowest BCUT2D eigenvalue weighted by atomic mass is 9.91. The predicted octanol–water partition coefficient (Wildman–Crippen LogP) is 2.84. The van der Waals surface area contributed by atoms with Crippen LogP contribution in [0.5, 0.6) is 0 Å². The maximum Gasteiger partial charge on any atom is 0.311 e. The van der Waals surface area contributed by atoms with Gasteiger partial charge in [-0.1, -0.05) is 17.3 Å². The quantitative estimate of drug-likeness (QED) is 0.921. The second kappa shape index (κ2) is 5.22. The average molecular weight is 263 g/mol. The third kappa shape index (κ3) is 2.81. The Labute approximate surface area is 109 Å². The molecule has 4 nitrogen and oxygen atoms in total. The Morgan fingerprint density at radius 1 is 1.47 bits per heavy atom. The molecular weight excluding hydrogens is 249 g/mol. The standard InChI is InChI=1S/C14H14FNO3/c1-8-12(9(2)19-16-8)7-13(14(17)18)10-4-3-5-11(15)6-10/h3-6,13H,7H2,1-2H3,(H,17,18). The van der Waals surface area contributed by atoms with Gasteiger partial charge in [-0.25, -0.2) is 4.39 Å². The van der Waals surface area contributed by atoms with Gasteiger partial charge in [0.15, 0.2) is 0 Å². The van der Waals surface area contributed by atoms with Gasteiger partial charge in [0, 0.05) is 5.56 Å². The topological polar surface area (TPSA) is 63.3 Å². The van der Waals surface area contributed by atoms with Gasteiger partial charge in [-0.3, -0.25) is 4.79 Å². The van der Waals surface area contributed by atoms with Gasteiger partial charge in [0.25, 0.3) is 0 Å². The normalized spacial score (nSPS) is 12.4. The molecule has 0 saturated carbocycles. The van der Waals surface area contributed by atoms with Crippen LogP contribution in [0, 0.1) is 19.7 Å². The van der Waals surface area contributed by atoms with Crippen LogP contribution in [0.3, 0.4) is 0 Å². The van der Waals surface area contributed by atoms with E-state index in [0.717, 1.165) is 5.56 Å². The van der Waals surface area contributed by atoms with Crippen molar-refractivity contribution in [2.24, 2.45) is 0 Å². The number of benzene rings is 1. The zero-order valence-corrected chi connectivity index (χ0v) is 10.7. The summed E-state index contributed by atoms with van der Waals surface area (Å²) in [5, 5.41) is 13.1. The Hall–Kier alpha value is -2.17. The second-order valence-corrected chi connectivity index (χ2v) is 4.45. The molecule has 5 heteroatoms. The highest BCUT2D eigenvalue weighted by Crippen LogP contribution is 2.25. The maximum absolute atomic E-state index is 13.2. The van der Waals surface area contributed by atoms with E-state index in [2.05, 4.69) is 5.16 Å². The third-order valence-corrected chi connectivity index (χ3v) is 3.14. The summed E-state index contributed by atoms with van der Waals surface area (Å²) < 4.78 is 18.2. The Morgan fingerprint density at radius 3 is 2.74 bits per heavy atom. The summed E-state index contributed by atoms with van der Waals surface area (Å²) in [5.41, 5.74) is 1.87. The van der Waals surface area contributed by atoms with E-state index in [9.17, 15) is 14.3 Å². The minimum Gasteiger partial charge on any atom is -0.481 e. The van der Waals surface area contributed by atoms with Gasteiger partial charge in [-0.15, -0.1) is 0 Å². The van der Waals surface area contributed by atoms with Crippen LogP contribution in [0.25, 0.3) is 0 Å². The minimum atomic E-state index is -0.995. The fourth-order valence-corrected chi connectivity index (χ4v) is 2.07. The molecule has 0 fully saturated rings. The molecule has 0 saturated heterocycles. The van der Waals surface area contributed by atoms with Crippen LogP contribution in [0.15, 0.2) is 28.8 Å². The Kier molecular flexibility index (Phi) is 3.64. The minimum absolute atomic E-state index is 0.236. The van der Waals surface area contributed by atoms with E-state index in [0.29, 0.717) is 17.0 Å². The number of rotatable bonds is 4. The monoisotopic (exact) mass is 263 g/mol. The highest BCUT2D eigenvalue weighted by atomic mass is 19.1. The van der Waals surface area contributed by atoms with Crippen molar-refractivity contribution >= 4 is 5.97 Å². The molecule has 0 aliphatic rings. The van der Waals surface area contributed by atoms with Crippen LogP contribution in [0.4, 0.5) is 4.39 Å². The lowest BCUT2D eigenvalue weighted by Gasteiger charge is -2.12. The zero-order valence-electron chi connectivity index (χ0n) is 10.7. The number of carbonyl (C=O) groups is 1. The molecule has 1 heterocycles. The molecule has 0 spiro atoms. The SMILES string of the molecule is Cc1noc(C)c1CC(C(=O)O)c1cccc(F)c1. The van der Waals surface area contributed by atoms with Crippen molar-refractivity contribution in [3.63, 3.8) is 0 Å². The highest BCUT2D eigenvalue weighted by molar-refractivity contribution is 5.76. The van der Waals surface area contributed by atoms with Crippen LogP contribution >= 0.6 is 0 Å². The summed E-state index contributed by atoms with van der Waals surface area (Å²) in [6.45, 7) is 3.50. The molecule has 0 amide bonds. The number of hydrogen-bond donors (Lipinski definition) is 1. The van der Waals surface area contributed by atoms with Gasteiger partial charge in [-0.05, 0) is 38.0 Å². The second-order valence-electron chi connectivity index (χ2n) is 4.45. The number of nitrogens with zero attached hydrogens (tertiary/aromatic N) is 1. The molecule has 1 atom stereocenters. The molecular formula is C14H14FNO3. The van der Waals surface area contributed by atoms with E-state index in [4.69, 9.17) is 4.52 Å². The van der Waals surface area contributed by atoms with Crippen LogP contribution in [-0.4, -0.2) is 16.2 Å². The van der Waals surface area contributed by atoms with Crippen molar-refractivity contribution in [2.75, 3.05) is 0 Å². The molecule has 100 valence electrons. The van der Waals surface area contributed by atoms with Crippen LogP contribution < -0.4 is 0 Å². The van der Waals surface area contributed by atoms with Crippen molar-refractivity contribution in [2.45, 2.75) is 26.2 Å². The van der Waals surface area contributed by atoms with Crippen LogP contribution in [-0.2, 0) is 11.2 Å². The summed E-state index contributed by atoms with van der Waals surface area (Å²) in [6.07, 6.45) is 0.236. The number of carboxylic acids is 1. The smallest absolute Gasteiger partial charge is 0.311 e. The summed E-state index contributed by atoms with van der Waals surface area (Å²) in [7, 11) is 0. The van der Waals surface area contributed by atoms with E-state index < -0.39 is 17.7 Å². The fraction of sp³-hybridized carbons (Fsp3) is 0.286. The average Bonchev–Trinajstić information content (AvgIpc) is 2.66. The van der Waals surface area contributed by atoms with Gasteiger partial charge in [-0.2, -0.15) is 0 Å². The fourth-order valence-electron chi connectivity index (χ4n) is 2.07. The molecule has 1 aromatic heterocycles. The van der Waals surface area contributed by atoms with Crippen molar-refractivity contribution in [1.82, 2.24) is 5.16 Å². The van der Waals surface area contributed by atoms with E-state index in [1.807, 2.05) is 0 Å². The van der Waals surface area contributed by atoms with Crippen molar-refractivity contribution < 1.29 is 18.8 Å². The number of aliphatic carboxylic acids is 1. The van der Waals surface area contributed by atoms with Crippen molar-refractivity contribution in [3.8, 4) is 0 Å². The van der Waals surface area contributed by atoms with Crippen LogP contribution in [0.1, 0.15) is 28.5 Å². The number of carboxylic acid groups (broad SMARTS) is 1. The Bertz CT molecular complexity index is 587. The number of hydrogen-bond acceptors (Lipinski definition) is 3. The highest BCUT2D eigenvalue weighted by Gasteiger charge is 2.24. The molecule has 1 aromatic carbocycles. The molecule has 0 radical (unpaired) electrons. The van der Waals surface area contributed by atoms with E-state index in [-0.39, 0.29) is 6.42 Å². The van der Waals surface area contributed by atoms with Gasteiger partial charge in [0.05, 0.1) is 11.6 Å². The first kappa shape index (κ1) is 13.3. The lowest BCUT2D eigenvalue weighted by molar-refractivity contribution is -0.138. The number of aromatic nitrogens is 1. The lowest BCUT2D eigenvalue weighted by Crippen LogP contribution is -2.15. The molecule has 0 aliphatic heterocycles. The third-order valence-electron chi connectivity index (χ3n) is 3.14. The van der Waals surface area contributed by atoms with E-state index in [1.54, 1.807) is 19.9 Å². The molecule has 1 N–H and O–H groups in total. The predicted molar refractivity (Wildman–Crippen MR) is 66.5 cm³/mol. The zero-order chi connectivity index (χ0) is 14.0. The summed E-state index contributed by atoms with van der Waals surface area (Å²) in [4.78, 5) is 11.4. The first-order chi connectivity index (χ1) is 8.99. The number of aryl methyl sites for hydroxylation is 2. The first-order valence-electron chi connectivity index (χ1n) is 5.89. The maximum atomic E-state index is 13.2. The summed E-state index contributed by atoms with van der Waals surface area (Å²) in [6, 6.07) is 5.66. The molecule has 2 aromatic rings. The van der Waals surface area contributed by atoms with Gasteiger partial charge in [0.2, 0.25) is 0 Å². The molecule has 1 unspecified atom stereocenters. The first-order valence-corrected chi connectivity index (χ1v) is 5.89. The number of halogens is 1. The molecule has 2 rings (SSSR count). The largest absolute Gasteiger partial charge is 0.481 e. The Balaban J connectivity index is 2.35. The summed E-state index contributed by atoms with van der Waals surface area (Å²) >= 11 is 0. The van der Waals surface area contributed by atoms with E-state index in [1.165, 1.54) is 18.2 Å². The van der Waals surface area contributed by atoms with Gasteiger partial charge >= 0.3 is 5.97 Å². The molecule has 0 bridgehead atoms. The van der Waals surface area contributed by atoms with Gasteiger partial charge in [0.1, 0.15) is 11.6 Å². The summed E-state index contributed by atoms with van der Waals surface area (Å²) in [5.74, 6) is -1.65. The molecule has 19 heavy (non-hydrogen) atoms. The molecule has 0 aliphatic carbocycles.